The van der Waals surface area contributed by atoms with E-state index in [-0.39, 0.29) is 29.6 Å². The van der Waals surface area contributed by atoms with Crippen molar-refractivity contribution < 1.29 is 14.3 Å². The van der Waals surface area contributed by atoms with Gasteiger partial charge in [-0.3, -0.25) is 24.3 Å². The van der Waals surface area contributed by atoms with Crippen molar-refractivity contribution in [3.63, 3.8) is 0 Å². The van der Waals surface area contributed by atoms with Gasteiger partial charge in [0.05, 0.1) is 19.5 Å². The minimum atomic E-state index is -0.413. The van der Waals surface area contributed by atoms with E-state index in [0.29, 0.717) is 19.5 Å². The van der Waals surface area contributed by atoms with E-state index in [1.165, 1.54) is 6.20 Å². The fourth-order valence-corrected chi connectivity index (χ4v) is 3.80. The van der Waals surface area contributed by atoms with E-state index in [4.69, 9.17) is 4.74 Å². The molecule has 1 aromatic carbocycles. The number of ether oxygens (including phenoxy) is 1. The molecule has 9 heteroatoms. The summed E-state index contributed by atoms with van der Waals surface area (Å²) in [6.07, 6.45) is 5.43. The Bertz CT molecular complexity index is 943. The number of hydrogen-bond acceptors (Lipinski definition) is 6. The molecule has 3 N–H and O–H groups in total. The summed E-state index contributed by atoms with van der Waals surface area (Å²) in [6, 6.07) is 8.10. The monoisotopic (exact) mass is 427 g/mol. The number of rotatable bonds is 9. The number of nitrogens with one attached hydrogen (secondary N) is 3. The number of hydrogen-bond donors (Lipinski definition) is 3. The Kier molecular flexibility index (Phi) is 7.77. The second-order valence-electron chi connectivity index (χ2n) is 7.72. The lowest BCUT2D eigenvalue weighted by molar-refractivity contribution is -0.122. The molecule has 0 unspecified atom stereocenters. The molecular weight excluding hydrogens is 398 g/mol. The first-order valence-corrected chi connectivity index (χ1v) is 10.4. The maximum absolute atomic E-state index is 12.4. The highest BCUT2D eigenvalue weighted by molar-refractivity contribution is 5.91. The largest absolute Gasteiger partial charge is 0.497 e. The van der Waals surface area contributed by atoms with Gasteiger partial charge >= 0.3 is 0 Å². The molecule has 1 aliphatic rings. The van der Waals surface area contributed by atoms with Gasteiger partial charge in [-0.05, 0) is 44.0 Å². The Hall–Kier alpha value is -3.20. The number of aromatic amines is 1. The van der Waals surface area contributed by atoms with Crippen molar-refractivity contribution in [2.75, 3.05) is 27.2 Å². The van der Waals surface area contributed by atoms with Crippen LogP contribution in [0.5, 0.6) is 5.75 Å². The molecule has 1 saturated heterocycles. The molecule has 3 rings (SSSR count). The van der Waals surface area contributed by atoms with Crippen molar-refractivity contribution in [3.8, 4) is 5.75 Å². The fraction of sp³-hybridized carbons (Fsp3) is 0.455. The zero-order valence-electron chi connectivity index (χ0n) is 17.9. The van der Waals surface area contributed by atoms with Crippen LogP contribution in [0.15, 0.2) is 41.5 Å². The standard InChI is InChI=1S/C22H29N5O4/c1-27-16(11-20(28)24-10-9-15-3-7-18(31-2)8-4-15)5-6-17(27)12-25-22(30)19-13-23-14-21(29)26-19/h3-4,7-8,13-14,16-17H,5-6,9-12H2,1-2H3,(H,24,28)(H,25,30)(H,26,29)/t16-,17+/m1/s1. The highest BCUT2D eigenvalue weighted by Gasteiger charge is 2.31. The molecular formula is C22H29N5O4. The molecule has 0 spiro atoms. The molecule has 0 bridgehead atoms. The van der Waals surface area contributed by atoms with Crippen LogP contribution in [0, 0.1) is 0 Å². The minimum Gasteiger partial charge on any atom is -0.497 e. The van der Waals surface area contributed by atoms with E-state index < -0.39 is 5.56 Å². The maximum Gasteiger partial charge on any atom is 0.269 e. The molecule has 2 atom stereocenters. The van der Waals surface area contributed by atoms with Crippen molar-refractivity contribution in [1.82, 2.24) is 25.5 Å². The third-order valence-corrected chi connectivity index (χ3v) is 5.70. The van der Waals surface area contributed by atoms with E-state index in [9.17, 15) is 14.4 Å². The summed E-state index contributed by atoms with van der Waals surface area (Å²) in [5, 5.41) is 5.82. The summed E-state index contributed by atoms with van der Waals surface area (Å²) >= 11 is 0. The molecule has 1 fully saturated rings. The summed E-state index contributed by atoms with van der Waals surface area (Å²) in [5.74, 6) is 0.484. The van der Waals surface area contributed by atoms with Crippen molar-refractivity contribution in [3.05, 3.63) is 58.3 Å². The Labute approximate surface area is 181 Å². The average Bonchev–Trinajstić information content (AvgIpc) is 3.11. The number of carbonyl (C=O) groups excluding carboxylic acids is 2. The van der Waals surface area contributed by atoms with Crippen molar-refractivity contribution >= 4 is 11.8 Å². The second-order valence-corrected chi connectivity index (χ2v) is 7.72. The van der Waals surface area contributed by atoms with Gasteiger partial charge in [0.25, 0.3) is 11.5 Å². The number of amides is 2. The number of likely N-dealkylation sites (N-methyl/N-ethyl adjacent to an activating group) is 1. The first-order chi connectivity index (χ1) is 15.0. The van der Waals surface area contributed by atoms with Crippen LogP contribution in [0.3, 0.4) is 0 Å². The molecule has 2 heterocycles. The van der Waals surface area contributed by atoms with Crippen LogP contribution < -0.4 is 20.9 Å². The van der Waals surface area contributed by atoms with Crippen LogP contribution in [0.4, 0.5) is 0 Å². The summed E-state index contributed by atoms with van der Waals surface area (Å²) in [5.41, 5.74) is 0.870. The molecule has 1 aromatic heterocycles. The van der Waals surface area contributed by atoms with E-state index in [1.807, 2.05) is 31.3 Å². The van der Waals surface area contributed by atoms with E-state index in [1.54, 1.807) is 7.11 Å². The first-order valence-electron chi connectivity index (χ1n) is 10.4. The minimum absolute atomic E-state index is 0.0305. The first kappa shape index (κ1) is 22.5. The lowest BCUT2D eigenvalue weighted by atomic mass is 10.1. The van der Waals surface area contributed by atoms with Gasteiger partial charge < -0.3 is 20.4 Å². The molecule has 166 valence electrons. The predicted octanol–water partition coefficient (Wildman–Crippen LogP) is 0.720. The van der Waals surface area contributed by atoms with Crippen molar-refractivity contribution in [1.29, 1.82) is 0 Å². The number of nitrogens with zero attached hydrogens (tertiary/aromatic N) is 2. The molecule has 1 aliphatic heterocycles. The Morgan fingerprint density at radius 3 is 2.61 bits per heavy atom. The summed E-state index contributed by atoms with van der Waals surface area (Å²) in [4.78, 5) is 44.2. The highest BCUT2D eigenvalue weighted by atomic mass is 16.5. The maximum atomic E-state index is 12.4. The fourth-order valence-electron chi connectivity index (χ4n) is 3.80. The zero-order valence-corrected chi connectivity index (χ0v) is 17.9. The lowest BCUT2D eigenvalue weighted by Gasteiger charge is -2.25. The second kappa shape index (κ2) is 10.7. The van der Waals surface area contributed by atoms with Gasteiger partial charge in [-0.15, -0.1) is 0 Å². The van der Waals surface area contributed by atoms with Crippen LogP contribution in [-0.2, 0) is 11.2 Å². The Balaban J connectivity index is 1.38. The quantitative estimate of drug-likeness (QED) is 0.543. The van der Waals surface area contributed by atoms with E-state index in [2.05, 4.69) is 25.5 Å². The molecule has 0 radical (unpaired) electrons. The molecule has 31 heavy (non-hydrogen) atoms. The summed E-state index contributed by atoms with van der Waals surface area (Å²) in [7, 11) is 3.61. The molecule has 9 nitrogen and oxygen atoms in total. The third kappa shape index (κ3) is 6.39. The number of H-pyrrole nitrogens is 1. The number of methoxy groups -OCH3 is 1. The van der Waals surface area contributed by atoms with E-state index in [0.717, 1.165) is 36.8 Å². The van der Waals surface area contributed by atoms with Gasteiger partial charge in [-0.2, -0.15) is 0 Å². The average molecular weight is 428 g/mol. The van der Waals surface area contributed by atoms with Crippen LogP contribution >= 0.6 is 0 Å². The summed E-state index contributed by atoms with van der Waals surface area (Å²) in [6.45, 7) is 1.03. The topological polar surface area (TPSA) is 116 Å². The number of likely N-dealkylation sites (tertiary alicyclic amines) is 1. The van der Waals surface area contributed by atoms with Crippen LogP contribution in [0.1, 0.15) is 35.3 Å². The molecule has 2 aromatic rings. The van der Waals surface area contributed by atoms with Crippen molar-refractivity contribution in [2.24, 2.45) is 0 Å². The van der Waals surface area contributed by atoms with Gasteiger partial charge in [0, 0.05) is 31.6 Å². The molecule has 2 amide bonds. The normalized spacial score (nSPS) is 18.5. The van der Waals surface area contributed by atoms with Crippen LogP contribution in [0.25, 0.3) is 0 Å². The summed E-state index contributed by atoms with van der Waals surface area (Å²) < 4.78 is 5.15. The Morgan fingerprint density at radius 2 is 1.90 bits per heavy atom. The highest BCUT2D eigenvalue weighted by Crippen LogP contribution is 2.24. The van der Waals surface area contributed by atoms with E-state index >= 15 is 0 Å². The SMILES string of the molecule is COc1ccc(CCNC(=O)C[C@H]2CC[C@@H](CNC(=O)c3cncc(=O)[nH]3)N2C)cc1. The number of carbonyl (C=O) groups is 2. The third-order valence-electron chi connectivity index (χ3n) is 5.70. The number of benzene rings is 1. The molecule has 0 saturated carbocycles. The lowest BCUT2D eigenvalue weighted by Crippen LogP contribution is -2.42. The van der Waals surface area contributed by atoms with Gasteiger partial charge in [0.2, 0.25) is 5.91 Å². The van der Waals surface area contributed by atoms with Crippen molar-refractivity contribution in [2.45, 2.75) is 37.8 Å². The number of aromatic nitrogens is 2. The van der Waals surface area contributed by atoms with Gasteiger partial charge in [-0.1, -0.05) is 12.1 Å². The predicted molar refractivity (Wildman–Crippen MR) is 116 cm³/mol. The Morgan fingerprint density at radius 1 is 1.16 bits per heavy atom. The van der Waals surface area contributed by atoms with Gasteiger partial charge in [0.15, 0.2) is 0 Å². The molecule has 0 aliphatic carbocycles. The smallest absolute Gasteiger partial charge is 0.269 e. The van der Waals surface area contributed by atoms with Crippen LogP contribution in [-0.4, -0.2) is 66.0 Å². The van der Waals surface area contributed by atoms with Crippen LogP contribution in [0.2, 0.25) is 0 Å². The zero-order chi connectivity index (χ0) is 22.2. The van der Waals surface area contributed by atoms with Gasteiger partial charge in [-0.25, -0.2) is 0 Å². The van der Waals surface area contributed by atoms with Gasteiger partial charge in [0.1, 0.15) is 11.4 Å².